The van der Waals surface area contributed by atoms with Gasteiger partial charge in [-0.05, 0) is 55.0 Å². The number of carbonyl (C=O) groups excluding carboxylic acids is 1. The van der Waals surface area contributed by atoms with Crippen LogP contribution in [0.25, 0.3) is 0 Å². The van der Waals surface area contributed by atoms with Crippen LogP contribution < -0.4 is 4.90 Å². The van der Waals surface area contributed by atoms with Gasteiger partial charge in [-0.25, -0.2) is 0 Å². The second-order valence-electron chi connectivity index (χ2n) is 5.97. The van der Waals surface area contributed by atoms with Crippen LogP contribution in [0.2, 0.25) is 10.0 Å². The summed E-state index contributed by atoms with van der Waals surface area (Å²) in [5, 5.41) is 1.11. The second kappa shape index (κ2) is 8.26. The fourth-order valence-corrected chi connectivity index (χ4v) is 3.47. The summed E-state index contributed by atoms with van der Waals surface area (Å²) >= 11 is 15.8. The maximum absolute atomic E-state index is 13.2. The van der Waals surface area contributed by atoms with E-state index in [4.69, 9.17) is 23.2 Å². The number of hydrogen-bond acceptors (Lipinski definition) is 1. The molecule has 0 aromatic heterocycles. The zero-order valence-electron chi connectivity index (χ0n) is 14.0. The summed E-state index contributed by atoms with van der Waals surface area (Å²) < 4.78 is 0.858. The van der Waals surface area contributed by atoms with Gasteiger partial charge >= 0.3 is 0 Å². The molecule has 0 saturated carbocycles. The molecule has 5 heteroatoms. The lowest BCUT2D eigenvalue weighted by Gasteiger charge is -2.24. The molecule has 0 spiro atoms. The SMILES string of the molecule is Cc1ccc(N(Cc2ccc(Cl)cc2Cl)C(=O)c2cccc(Br)c2)cc1. The van der Waals surface area contributed by atoms with Gasteiger partial charge in [0, 0.05) is 25.8 Å². The number of halogens is 3. The molecule has 0 aliphatic carbocycles. The Morgan fingerprint density at radius 1 is 1.00 bits per heavy atom. The molecule has 3 aromatic rings. The van der Waals surface area contributed by atoms with Gasteiger partial charge in [0.1, 0.15) is 0 Å². The van der Waals surface area contributed by atoms with Gasteiger partial charge in [-0.3, -0.25) is 4.79 Å². The molecular weight excluding hydrogens is 433 g/mol. The van der Waals surface area contributed by atoms with Crippen LogP contribution in [0.5, 0.6) is 0 Å². The van der Waals surface area contributed by atoms with Crippen LogP contribution in [0, 0.1) is 6.92 Å². The highest BCUT2D eigenvalue weighted by Crippen LogP contribution is 2.27. The Balaban J connectivity index is 2.01. The number of benzene rings is 3. The normalized spacial score (nSPS) is 10.6. The van der Waals surface area contributed by atoms with Crippen LogP contribution >= 0.6 is 39.1 Å². The van der Waals surface area contributed by atoms with E-state index in [1.807, 2.05) is 55.5 Å². The fourth-order valence-electron chi connectivity index (χ4n) is 2.60. The summed E-state index contributed by atoms with van der Waals surface area (Å²) in [4.78, 5) is 14.9. The number of hydrogen-bond donors (Lipinski definition) is 0. The van der Waals surface area contributed by atoms with Gasteiger partial charge in [0.2, 0.25) is 0 Å². The zero-order valence-corrected chi connectivity index (χ0v) is 17.1. The first-order valence-corrected chi connectivity index (χ1v) is 9.57. The smallest absolute Gasteiger partial charge is 0.258 e. The minimum absolute atomic E-state index is 0.0961. The van der Waals surface area contributed by atoms with Crippen molar-refractivity contribution >= 4 is 50.7 Å². The average Bonchev–Trinajstić information content (AvgIpc) is 2.61. The average molecular weight is 449 g/mol. The predicted octanol–water partition coefficient (Wildman–Crippen LogP) is 6.91. The van der Waals surface area contributed by atoms with Crippen LogP contribution in [0.3, 0.4) is 0 Å². The van der Waals surface area contributed by atoms with Crippen molar-refractivity contribution in [2.45, 2.75) is 13.5 Å². The van der Waals surface area contributed by atoms with E-state index in [2.05, 4.69) is 15.9 Å². The topological polar surface area (TPSA) is 20.3 Å². The quantitative estimate of drug-likeness (QED) is 0.424. The highest BCUT2D eigenvalue weighted by molar-refractivity contribution is 9.10. The van der Waals surface area contributed by atoms with E-state index in [1.54, 1.807) is 23.1 Å². The molecule has 0 N–H and O–H groups in total. The molecule has 1 amide bonds. The van der Waals surface area contributed by atoms with E-state index >= 15 is 0 Å². The van der Waals surface area contributed by atoms with E-state index < -0.39 is 0 Å². The summed E-state index contributed by atoms with van der Waals surface area (Å²) in [7, 11) is 0. The third-order valence-electron chi connectivity index (χ3n) is 4.01. The van der Waals surface area contributed by atoms with Gasteiger partial charge in [0.15, 0.2) is 0 Å². The number of nitrogens with zero attached hydrogens (tertiary/aromatic N) is 1. The maximum Gasteiger partial charge on any atom is 0.258 e. The molecule has 0 fully saturated rings. The van der Waals surface area contributed by atoms with Crippen LogP contribution in [0.1, 0.15) is 21.5 Å². The van der Waals surface area contributed by atoms with Crippen LogP contribution in [0.4, 0.5) is 5.69 Å². The lowest BCUT2D eigenvalue weighted by molar-refractivity contribution is 0.0985. The first kappa shape index (κ1) is 19.0. The number of carbonyl (C=O) groups is 1. The van der Waals surface area contributed by atoms with Crippen LogP contribution in [-0.2, 0) is 6.54 Å². The number of aryl methyl sites for hydroxylation is 1. The van der Waals surface area contributed by atoms with Crippen LogP contribution in [0.15, 0.2) is 71.2 Å². The van der Waals surface area contributed by atoms with Gasteiger partial charge in [0.25, 0.3) is 5.91 Å². The van der Waals surface area contributed by atoms with Gasteiger partial charge < -0.3 is 4.90 Å². The molecule has 0 saturated heterocycles. The molecule has 26 heavy (non-hydrogen) atoms. The summed E-state index contributed by atoms with van der Waals surface area (Å²) in [6.07, 6.45) is 0. The standard InChI is InChI=1S/C21H16BrCl2NO/c1-14-5-9-19(10-6-14)25(13-16-7-8-18(23)12-20(16)24)21(26)15-3-2-4-17(22)11-15/h2-12H,13H2,1H3. The van der Waals surface area contributed by atoms with Gasteiger partial charge in [0.05, 0.1) is 6.54 Å². The molecule has 0 bridgehead atoms. The molecule has 0 aliphatic rings. The lowest BCUT2D eigenvalue weighted by Crippen LogP contribution is -2.30. The molecule has 2 nitrogen and oxygen atoms in total. The van der Waals surface area contributed by atoms with Gasteiger partial charge in [-0.15, -0.1) is 0 Å². The Bertz CT molecular complexity index is 941. The van der Waals surface area contributed by atoms with E-state index in [0.717, 1.165) is 21.3 Å². The zero-order chi connectivity index (χ0) is 18.7. The number of amides is 1. The molecule has 132 valence electrons. The van der Waals surface area contributed by atoms with Crippen molar-refractivity contribution in [2.75, 3.05) is 4.90 Å². The summed E-state index contributed by atoms with van der Waals surface area (Å²) in [5.74, 6) is -0.0961. The second-order valence-corrected chi connectivity index (χ2v) is 7.73. The Hall–Kier alpha value is -1.81. The highest BCUT2D eigenvalue weighted by atomic mass is 79.9. The minimum Gasteiger partial charge on any atom is -0.304 e. The van der Waals surface area contributed by atoms with Crippen LogP contribution in [-0.4, -0.2) is 5.91 Å². The van der Waals surface area contributed by atoms with E-state index in [1.165, 1.54) is 0 Å². The van der Waals surface area contributed by atoms with Crippen molar-refractivity contribution < 1.29 is 4.79 Å². The minimum atomic E-state index is -0.0961. The molecule has 0 radical (unpaired) electrons. The third kappa shape index (κ3) is 4.47. The Morgan fingerprint density at radius 3 is 2.38 bits per heavy atom. The van der Waals surface area contributed by atoms with Crippen molar-refractivity contribution in [1.29, 1.82) is 0 Å². The largest absolute Gasteiger partial charge is 0.304 e. The summed E-state index contributed by atoms with van der Waals surface area (Å²) in [6.45, 7) is 2.37. The van der Waals surface area contributed by atoms with Crippen molar-refractivity contribution in [2.24, 2.45) is 0 Å². The molecule has 0 heterocycles. The summed E-state index contributed by atoms with van der Waals surface area (Å²) in [6, 6.07) is 20.5. The molecular formula is C21H16BrCl2NO. The molecule has 0 unspecified atom stereocenters. The summed E-state index contributed by atoms with van der Waals surface area (Å²) in [5.41, 5.74) is 3.38. The molecule has 0 aliphatic heterocycles. The van der Waals surface area contributed by atoms with E-state index in [0.29, 0.717) is 22.2 Å². The van der Waals surface area contributed by atoms with Crippen molar-refractivity contribution in [3.8, 4) is 0 Å². The first-order valence-electron chi connectivity index (χ1n) is 8.02. The predicted molar refractivity (Wildman–Crippen MR) is 112 cm³/mol. The monoisotopic (exact) mass is 447 g/mol. The molecule has 0 atom stereocenters. The Morgan fingerprint density at radius 2 is 1.73 bits per heavy atom. The van der Waals surface area contributed by atoms with Gasteiger partial charge in [-0.1, -0.05) is 69.0 Å². The van der Waals surface area contributed by atoms with E-state index in [9.17, 15) is 4.79 Å². The van der Waals surface area contributed by atoms with Crippen molar-refractivity contribution in [3.05, 3.63) is 97.9 Å². The maximum atomic E-state index is 13.2. The Kier molecular flexibility index (Phi) is 6.02. The molecule has 3 aromatic carbocycles. The lowest BCUT2D eigenvalue weighted by atomic mass is 10.1. The highest BCUT2D eigenvalue weighted by Gasteiger charge is 2.19. The Labute approximate surface area is 171 Å². The first-order chi connectivity index (χ1) is 12.4. The number of rotatable bonds is 4. The third-order valence-corrected chi connectivity index (χ3v) is 5.09. The van der Waals surface area contributed by atoms with Crippen molar-refractivity contribution in [1.82, 2.24) is 0 Å². The molecule has 3 rings (SSSR count). The number of anilines is 1. The fraction of sp³-hybridized carbons (Fsp3) is 0.0952. The van der Waals surface area contributed by atoms with Crippen molar-refractivity contribution in [3.63, 3.8) is 0 Å². The van der Waals surface area contributed by atoms with Gasteiger partial charge in [-0.2, -0.15) is 0 Å². The van der Waals surface area contributed by atoms with E-state index in [-0.39, 0.29) is 5.91 Å².